The van der Waals surface area contributed by atoms with Gasteiger partial charge in [-0.3, -0.25) is 0 Å². The van der Waals surface area contributed by atoms with Crippen LogP contribution in [-0.4, -0.2) is 16.7 Å². The second kappa shape index (κ2) is 3.41. The molecule has 0 atom stereocenters. The molecule has 0 spiro atoms. The lowest BCUT2D eigenvalue weighted by Crippen LogP contribution is -2.03. The van der Waals surface area contributed by atoms with Crippen LogP contribution in [0.5, 0.6) is 0 Å². The predicted molar refractivity (Wildman–Crippen MR) is 59.0 cm³/mol. The molecular formula is C12H8N2O2. The lowest BCUT2D eigenvalue weighted by atomic mass is 10.1. The Bertz CT molecular complexity index is 605. The van der Waals surface area contributed by atoms with Gasteiger partial charge in [0.05, 0.1) is 17.6 Å². The van der Waals surface area contributed by atoms with Crippen molar-refractivity contribution in [3.63, 3.8) is 0 Å². The first-order chi connectivity index (χ1) is 7.83. The fourth-order valence-corrected chi connectivity index (χ4v) is 1.67. The summed E-state index contributed by atoms with van der Waals surface area (Å²) in [6.45, 7) is 0. The van der Waals surface area contributed by atoms with Gasteiger partial charge in [-0.25, -0.2) is 9.78 Å². The van der Waals surface area contributed by atoms with Gasteiger partial charge < -0.3 is 4.84 Å². The lowest BCUT2D eigenvalue weighted by Gasteiger charge is -1.99. The molecule has 3 rings (SSSR count). The molecule has 0 saturated heterocycles. The summed E-state index contributed by atoms with van der Waals surface area (Å²) in [5.41, 5.74) is 2.18. The van der Waals surface area contributed by atoms with Crippen LogP contribution in [0.2, 0.25) is 0 Å². The van der Waals surface area contributed by atoms with Crippen molar-refractivity contribution in [2.45, 2.75) is 6.42 Å². The zero-order chi connectivity index (χ0) is 11.0. The number of oxime groups is 1. The first-order valence-corrected chi connectivity index (χ1v) is 4.96. The Labute approximate surface area is 91.5 Å². The third-order valence-electron chi connectivity index (χ3n) is 2.46. The largest absolute Gasteiger partial charge is 0.341 e. The molecule has 2 aromatic rings. The second-order valence-electron chi connectivity index (χ2n) is 3.57. The minimum Gasteiger partial charge on any atom is -0.317 e. The van der Waals surface area contributed by atoms with Gasteiger partial charge >= 0.3 is 5.97 Å². The van der Waals surface area contributed by atoms with E-state index in [1.165, 1.54) is 0 Å². The van der Waals surface area contributed by atoms with Crippen LogP contribution < -0.4 is 0 Å². The average molecular weight is 212 g/mol. The van der Waals surface area contributed by atoms with E-state index in [0.29, 0.717) is 11.4 Å². The topological polar surface area (TPSA) is 51.5 Å². The first kappa shape index (κ1) is 9.03. The predicted octanol–water partition coefficient (Wildman–Crippen LogP) is 1.89. The first-order valence-electron chi connectivity index (χ1n) is 4.96. The molecule has 0 N–H and O–H groups in total. The van der Waals surface area contributed by atoms with E-state index in [2.05, 4.69) is 15.0 Å². The molecule has 16 heavy (non-hydrogen) atoms. The van der Waals surface area contributed by atoms with Crippen molar-refractivity contribution in [3.8, 4) is 0 Å². The fourth-order valence-electron chi connectivity index (χ4n) is 1.67. The average Bonchev–Trinajstić information content (AvgIpc) is 2.75. The molecule has 4 nitrogen and oxygen atoms in total. The molecule has 0 amide bonds. The van der Waals surface area contributed by atoms with E-state index in [4.69, 9.17) is 0 Å². The van der Waals surface area contributed by atoms with E-state index in [-0.39, 0.29) is 12.4 Å². The number of para-hydroxylation sites is 1. The maximum atomic E-state index is 10.9. The zero-order valence-corrected chi connectivity index (χ0v) is 8.38. The number of benzene rings is 1. The number of rotatable bonds is 1. The van der Waals surface area contributed by atoms with Crippen molar-refractivity contribution in [1.29, 1.82) is 0 Å². The number of hydrogen-bond donors (Lipinski definition) is 0. The molecular weight excluding hydrogens is 204 g/mol. The van der Waals surface area contributed by atoms with Gasteiger partial charge in [0.25, 0.3) is 0 Å². The summed E-state index contributed by atoms with van der Waals surface area (Å²) < 4.78 is 0. The molecule has 4 heteroatoms. The maximum absolute atomic E-state index is 10.9. The minimum atomic E-state index is -0.329. The zero-order valence-electron chi connectivity index (χ0n) is 8.38. The van der Waals surface area contributed by atoms with Gasteiger partial charge in [-0.05, 0) is 12.1 Å². The van der Waals surface area contributed by atoms with Gasteiger partial charge in [-0.1, -0.05) is 29.4 Å². The highest BCUT2D eigenvalue weighted by atomic mass is 16.7. The third kappa shape index (κ3) is 1.44. The monoisotopic (exact) mass is 212 g/mol. The molecule has 0 bridgehead atoms. The van der Waals surface area contributed by atoms with Crippen LogP contribution in [0.15, 0.2) is 41.6 Å². The van der Waals surface area contributed by atoms with Crippen molar-refractivity contribution >= 4 is 22.6 Å². The van der Waals surface area contributed by atoms with Crippen molar-refractivity contribution in [2.24, 2.45) is 5.16 Å². The number of aromatic nitrogens is 1. The highest BCUT2D eigenvalue weighted by Gasteiger charge is 2.19. The molecule has 0 saturated carbocycles. The molecule has 0 fully saturated rings. The van der Waals surface area contributed by atoms with Gasteiger partial charge in [-0.2, -0.15) is 0 Å². The maximum Gasteiger partial charge on any atom is 0.341 e. The standard InChI is InChI=1S/C12H8N2O2/c15-12-7-11(14-16-12)10-6-5-8-3-1-2-4-9(8)13-10/h1-6H,7H2. The normalized spacial score (nSPS) is 15.0. The number of pyridine rings is 1. The van der Waals surface area contributed by atoms with E-state index in [0.717, 1.165) is 10.9 Å². The second-order valence-corrected chi connectivity index (χ2v) is 3.57. The van der Waals surface area contributed by atoms with Gasteiger partial charge in [-0.15, -0.1) is 0 Å². The summed E-state index contributed by atoms with van der Waals surface area (Å²) in [7, 11) is 0. The summed E-state index contributed by atoms with van der Waals surface area (Å²) in [4.78, 5) is 19.9. The fraction of sp³-hybridized carbons (Fsp3) is 0.0833. The van der Waals surface area contributed by atoms with Crippen LogP contribution in [-0.2, 0) is 9.63 Å². The van der Waals surface area contributed by atoms with Crippen molar-refractivity contribution in [2.75, 3.05) is 0 Å². The molecule has 1 aliphatic rings. The highest BCUT2D eigenvalue weighted by molar-refractivity contribution is 6.11. The van der Waals surface area contributed by atoms with Crippen LogP contribution in [0, 0.1) is 0 Å². The number of nitrogens with zero attached hydrogens (tertiary/aromatic N) is 2. The summed E-state index contributed by atoms with van der Waals surface area (Å²) >= 11 is 0. The molecule has 78 valence electrons. The van der Waals surface area contributed by atoms with Crippen molar-refractivity contribution in [3.05, 3.63) is 42.1 Å². The van der Waals surface area contributed by atoms with Gasteiger partial charge in [0.1, 0.15) is 5.71 Å². The number of carbonyl (C=O) groups excluding carboxylic acids is 1. The molecule has 0 unspecified atom stereocenters. The van der Waals surface area contributed by atoms with Crippen LogP contribution >= 0.6 is 0 Å². The van der Waals surface area contributed by atoms with Crippen LogP contribution in [0.1, 0.15) is 12.1 Å². The van der Waals surface area contributed by atoms with E-state index >= 15 is 0 Å². The highest BCUT2D eigenvalue weighted by Crippen LogP contribution is 2.15. The van der Waals surface area contributed by atoms with E-state index < -0.39 is 0 Å². The lowest BCUT2D eigenvalue weighted by molar-refractivity contribution is -0.140. The van der Waals surface area contributed by atoms with Crippen LogP contribution in [0.25, 0.3) is 10.9 Å². The number of hydrogen-bond acceptors (Lipinski definition) is 4. The Hall–Kier alpha value is -2.23. The Balaban J connectivity index is 2.09. The molecule has 2 heterocycles. The molecule has 1 aromatic carbocycles. The Morgan fingerprint density at radius 2 is 2.00 bits per heavy atom. The van der Waals surface area contributed by atoms with E-state index in [9.17, 15) is 4.79 Å². The molecule has 1 aliphatic heterocycles. The Kier molecular flexibility index (Phi) is 1.93. The quantitative estimate of drug-likeness (QED) is 0.678. The van der Waals surface area contributed by atoms with Crippen molar-refractivity contribution in [1.82, 2.24) is 4.98 Å². The van der Waals surface area contributed by atoms with Crippen LogP contribution in [0.4, 0.5) is 0 Å². The van der Waals surface area contributed by atoms with Gasteiger partial charge in [0.15, 0.2) is 0 Å². The van der Waals surface area contributed by atoms with E-state index in [1.54, 1.807) is 0 Å². The molecule has 0 aliphatic carbocycles. The number of fused-ring (bicyclic) bond motifs is 1. The minimum absolute atomic E-state index is 0.200. The Morgan fingerprint density at radius 3 is 2.81 bits per heavy atom. The number of carbonyl (C=O) groups is 1. The van der Waals surface area contributed by atoms with Gasteiger partial charge in [0, 0.05) is 5.39 Å². The molecule has 1 aromatic heterocycles. The SMILES string of the molecule is O=C1CC(c2ccc3ccccc3n2)=NO1. The van der Waals surface area contributed by atoms with Gasteiger partial charge in [0.2, 0.25) is 0 Å². The third-order valence-corrected chi connectivity index (χ3v) is 2.46. The summed E-state index contributed by atoms with van der Waals surface area (Å²) in [5.74, 6) is -0.329. The summed E-state index contributed by atoms with van der Waals surface area (Å²) in [6.07, 6.45) is 0.200. The van der Waals surface area contributed by atoms with Crippen LogP contribution in [0.3, 0.4) is 0 Å². The summed E-state index contributed by atoms with van der Waals surface area (Å²) in [5, 5.41) is 4.77. The Morgan fingerprint density at radius 1 is 1.12 bits per heavy atom. The molecule has 0 radical (unpaired) electrons. The summed E-state index contributed by atoms with van der Waals surface area (Å²) in [6, 6.07) is 11.6. The smallest absolute Gasteiger partial charge is 0.317 e. The van der Waals surface area contributed by atoms with E-state index in [1.807, 2.05) is 36.4 Å². The van der Waals surface area contributed by atoms with Crippen molar-refractivity contribution < 1.29 is 9.63 Å².